The molecule has 128 valence electrons. The molecule has 1 fully saturated rings. The molecule has 4 nitrogen and oxygen atoms in total. The van der Waals surface area contributed by atoms with E-state index in [4.69, 9.17) is 0 Å². The molecule has 2 amide bonds. The number of carbonyl (C=O) groups excluding carboxylic acids is 2. The van der Waals surface area contributed by atoms with Gasteiger partial charge in [-0.15, -0.1) is 0 Å². The van der Waals surface area contributed by atoms with Crippen molar-refractivity contribution < 1.29 is 22.8 Å². The number of piperidine rings is 1. The van der Waals surface area contributed by atoms with Gasteiger partial charge in [-0.2, -0.15) is 24.5 Å². The molecule has 0 aromatic carbocycles. The number of hydrogen-bond acceptors (Lipinski definition) is 3. The van der Waals surface area contributed by atoms with E-state index in [-0.39, 0.29) is 19.0 Å². The molecule has 2 rings (SSSR count). The van der Waals surface area contributed by atoms with Crippen LogP contribution < -0.4 is 0 Å². The van der Waals surface area contributed by atoms with Gasteiger partial charge in [0.15, 0.2) is 0 Å². The van der Waals surface area contributed by atoms with Gasteiger partial charge in [-0.1, -0.05) is 0 Å². The summed E-state index contributed by atoms with van der Waals surface area (Å²) in [5.41, 5.74) is 0.561. The smallest absolute Gasteiger partial charge is 0.338 e. The van der Waals surface area contributed by atoms with E-state index in [1.807, 2.05) is 0 Å². The molecule has 0 unspecified atom stereocenters. The third-order valence-electron chi connectivity index (χ3n) is 3.89. The van der Waals surface area contributed by atoms with Gasteiger partial charge in [0.1, 0.15) is 6.54 Å². The van der Waals surface area contributed by atoms with Gasteiger partial charge >= 0.3 is 6.18 Å². The predicted octanol–water partition coefficient (Wildman–Crippen LogP) is 3.01. The molecule has 0 bridgehead atoms. The summed E-state index contributed by atoms with van der Waals surface area (Å²) in [6.45, 7) is 1.01. The van der Waals surface area contributed by atoms with Crippen molar-refractivity contribution in [2.75, 3.05) is 26.2 Å². The number of rotatable bonds is 4. The highest BCUT2D eigenvalue weighted by Gasteiger charge is 2.36. The first kappa shape index (κ1) is 17.8. The minimum atomic E-state index is -4.41. The second-order valence-corrected chi connectivity index (χ2v) is 6.35. The molecule has 0 saturated carbocycles. The van der Waals surface area contributed by atoms with Gasteiger partial charge in [0.2, 0.25) is 5.91 Å². The van der Waals surface area contributed by atoms with Crippen LogP contribution in [-0.2, 0) is 4.79 Å². The zero-order chi connectivity index (χ0) is 17.0. The zero-order valence-electron chi connectivity index (χ0n) is 12.8. The number of halogens is 3. The Kier molecular flexibility index (Phi) is 5.67. The SMILES string of the molecule is CCN(CC(F)(F)F)C(=O)[C@H]1CCCN(C(=O)c2ccsc2)C1. The summed E-state index contributed by atoms with van der Waals surface area (Å²) in [6.07, 6.45) is -3.27. The van der Waals surface area contributed by atoms with Crippen LogP contribution in [-0.4, -0.2) is 54.0 Å². The molecule has 0 N–H and O–H groups in total. The van der Waals surface area contributed by atoms with Crippen molar-refractivity contribution >= 4 is 23.2 Å². The second-order valence-electron chi connectivity index (χ2n) is 5.57. The van der Waals surface area contributed by atoms with Crippen molar-refractivity contribution in [3.8, 4) is 0 Å². The summed E-state index contributed by atoms with van der Waals surface area (Å²) in [7, 11) is 0. The van der Waals surface area contributed by atoms with Crippen LogP contribution in [0.2, 0.25) is 0 Å². The average Bonchev–Trinajstić information content (AvgIpc) is 3.05. The lowest BCUT2D eigenvalue weighted by molar-refractivity contribution is -0.164. The molecule has 2 heterocycles. The van der Waals surface area contributed by atoms with E-state index in [0.717, 1.165) is 4.90 Å². The van der Waals surface area contributed by atoms with E-state index in [1.165, 1.54) is 18.3 Å². The van der Waals surface area contributed by atoms with Crippen molar-refractivity contribution in [3.63, 3.8) is 0 Å². The number of amides is 2. The Labute approximate surface area is 136 Å². The van der Waals surface area contributed by atoms with Gasteiger partial charge < -0.3 is 9.80 Å². The molecular weight excluding hydrogens is 329 g/mol. The summed E-state index contributed by atoms with van der Waals surface area (Å²) in [6, 6.07) is 1.71. The lowest BCUT2D eigenvalue weighted by Gasteiger charge is -2.34. The highest BCUT2D eigenvalue weighted by molar-refractivity contribution is 7.08. The molecule has 1 aliphatic rings. The van der Waals surface area contributed by atoms with E-state index < -0.39 is 24.5 Å². The van der Waals surface area contributed by atoms with Gasteiger partial charge in [-0.05, 0) is 31.2 Å². The fourth-order valence-electron chi connectivity index (χ4n) is 2.75. The summed E-state index contributed by atoms with van der Waals surface area (Å²) >= 11 is 1.41. The third-order valence-corrected chi connectivity index (χ3v) is 4.57. The average molecular weight is 348 g/mol. The Morgan fingerprint density at radius 3 is 2.74 bits per heavy atom. The number of hydrogen-bond donors (Lipinski definition) is 0. The van der Waals surface area contributed by atoms with Gasteiger partial charge in [0.05, 0.1) is 11.5 Å². The van der Waals surface area contributed by atoms with Gasteiger partial charge in [0.25, 0.3) is 5.91 Å². The monoisotopic (exact) mass is 348 g/mol. The second kappa shape index (κ2) is 7.33. The molecular formula is C15H19F3N2O2S. The van der Waals surface area contributed by atoms with E-state index in [0.29, 0.717) is 24.9 Å². The molecule has 1 atom stereocenters. The first-order chi connectivity index (χ1) is 10.8. The Morgan fingerprint density at radius 2 is 2.17 bits per heavy atom. The summed E-state index contributed by atoms with van der Waals surface area (Å²) < 4.78 is 37.7. The number of carbonyl (C=O) groups is 2. The molecule has 1 aliphatic heterocycles. The van der Waals surface area contributed by atoms with E-state index in [9.17, 15) is 22.8 Å². The maximum absolute atomic E-state index is 12.6. The summed E-state index contributed by atoms with van der Waals surface area (Å²) in [5, 5.41) is 3.53. The normalized spacial score (nSPS) is 18.8. The maximum Gasteiger partial charge on any atom is 0.406 e. The lowest BCUT2D eigenvalue weighted by atomic mass is 9.96. The minimum Gasteiger partial charge on any atom is -0.338 e. The molecule has 1 aromatic heterocycles. The maximum atomic E-state index is 12.6. The van der Waals surface area contributed by atoms with E-state index >= 15 is 0 Å². The van der Waals surface area contributed by atoms with Gasteiger partial charge in [-0.3, -0.25) is 9.59 Å². The van der Waals surface area contributed by atoms with Crippen LogP contribution in [0.4, 0.5) is 13.2 Å². The first-order valence-corrected chi connectivity index (χ1v) is 8.43. The number of thiophene rings is 1. The fourth-order valence-corrected chi connectivity index (χ4v) is 3.38. The highest BCUT2D eigenvalue weighted by atomic mass is 32.1. The molecule has 8 heteroatoms. The predicted molar refractivity (Wildman–Crippen MR) is 81.3 cm³/mol. The summed E-state index contributed by atoms with van der Waals surface area (Å²) in [4.78, 5) is 27.1. The van der Waals surface area contributed by atoms with Crippen LogP contribution in [0.3, 0.4) is 0 Å². The Hall–Kier alpha value is -1.57. The van der Waals surface area contributed by atoms with Crippen molar-refractivity contribution in [3.05, 3.63) is 22.4 Å². The van der Waals surface area contributed by atoms with Crippen molar-refractivity contribution in [1.82, 2.24) is 9.80 Å². The first-order valence-electron chi connectivity index (χ1n) is 7.49. The zero-order valence-corrected chi connectivity index (χ0v) is 13.6. The van der Waals surface area contributed by atoms with Crippen LogP contribution in [0, 0.1) is 5.92 Å². The molecule has 0 aliphatic carbocycles. The van der Waals surface area contributed by atoms with E-state index in [1.54, 1.807) is 21.7 Å². The molecule has 0 radical (unpaired) electrons. The van der Waals surface area contributed by atoms with Crippen molar-refractivity contribution in [2.24, 2.45) is 5.92 Å². The lowest BCUT2D eigenvalue weighted by Crippen LogP contribution is -2.48. The van der Waals surface area contributed by atoms with Crippen molar-refractivity contribution in [1.29, 1.82) is 0 Å². The molecule has 1 aromatic rings. The standard InChI is InChI=1S/C15H19F3N2O2S/c1-2-19(10-15(16,17)18)13(21)11-4-3-6-20(8-11)14(22)12-5-7-23-9-12/h5,7,9,11H,2-4,6,8,10H2,1H3/t11-/m0/s1. The van der Waals surface area contributed by atoms with Gasteiger partial charge in [-0.25, -0.2) is 0 Å². The van der Waals surface area contributed by atoms with Crippen LogP contribution >= 0.6 is 11.3 Å². The Balaban J connectivity index is 2.02. The fraction of sp³-hybridized carbons (Fsp3) is 0.600. The van der Waals surface area contributed by atoms with Crippen LogP contribution in [0.25, 0.3) is 0 Å². The minimum absolute atomic E-state index is 0.00726. The topological polar surface area (TPSA) is 40.6 Å². The highest BCUT2D eigenvalue weighted by Crippen LogP contribution is 2.23. The van der Waals surface area contributed by atoms with Crippen LogP contribution in [0.15, 0.2) is 16.8 Å². The van der Waals surface area contributed by atoms with Gasteiger partial charge in [0, 0.05) is 25.0 Å². The number of likely N-dealkylation sites (tertiary alicyclic amines) is 1. The van der Waals surface area contributed by atoms with Crippen molar-refractivity contribution in [2.45, 2.75) is 25.9 Å². The number of alkyl halides is 3. The van der Waals surface area contributed by atoms with Crippen LogP contribution in [0.1, 0.15) is 30.1 Å². The molecule has 0 spiro atoms. The van der Waals surface area contributed by atoms with Crippen LogP contribution in [0.5, 0.6) is 0 Å². The van der Waals surface area contributed by atoms with E-state index in [2.05, 4.69) is 0 Å². The molecule has 1 saturated heterocycles. The largest absolute Gasteiger partial charge is 0.406 e. The molecule has 23 heavy (non-hydrogen) atoms. The Morgan fingerprint density at radius 1 is 1.43 bits per heavy atom. The summed E-state index contributed by atoms with van der Waals surface area (Å²) in [5.74, 6) is -1.25. The Bertz CT molecular complexity index is 545. The quantitative estimate of drug-likeness (QED) is 0.839. The number of nitrogens with zero attached hydrogens (tertiary/aromatic N) is 2. The third kappa shape index (κ3) is 4.70.